The minimum absolute atomic E-state index is 0.0118. The molecule has 3 heterocycles. The zero-order valence-electron chi connectivity index (χ0n) is 17.1. The highest BCUT2D eigenvalue weighted by Gasteiger charge is 2.25. The molecule has 0 N–H and O–H groups in total. The van der Waals surface area contributed by atoms with Gasteiger partial charge >= 0.3 is 0 Å². The van der Waals surface area contributed by atoms with E-state index in [0.29, 0.717) is 23.9 Å². The number of amides is 1. The average molecular weight is 426 g/mol. The van der Waals surface area contributed by atoms with Gasteiger partial charge in [-0.05, 0) is 50.2 Å². The SMILES string of the molecule is Cc1nn(-c2ccccn2)c(C)c1N1CCN(C(=O)COc2ccc(Cl)cc2)CC1. The van der Waals surface area contributed by atoms with Gasteiger partial charge < -0.3 is 14.5 Å². The fourth-order valence-electron chi connectivity index (χ4n) is 3.74. The maximum Gasteiger partial charge on any atom is 0.260 e. The summed E-state index contributed by atoms with van der Waals surface area (Å²) in [6.07, 6.45) is 1.77. The Morgan fingerprint density at radius 1 is 1.07 bits per heavy atom. The van der Waals surface area contributed by atoms with Crippen LogP contribution >= 0.6 is 11.6 Å². The van der Waals surface area contributed by atoms with Crippen LogP contribution in [0.2, 0.25) is 5.02 Å². The van der Waals surface area contributed by atoms with E-state index >= 15 is 0 Å². The summed E-state index contributed by atoms with van der Waals surface area (Å²) < 4.78 is 7.47. The maximum absolute atomic E-state index is 12.5. The molecule has 156 valence electrons. The van der Waals surface area contributed by atoms with Crippen LogP contribution < -0.4 is 9.64 Å². The van der Waals surface area contributed by atoms with Gasteiger partial charge in [0, 0.05) is 37.4 Å². The molecule has 8 heteroatoms. The number of aromatic nitrogens is 3. The quantitative estimate of drug-likeness (QED) is 0.627. The first-order valence-electron chi connectivity index (χ1n) is 9.91. The van der Waals surface area contributed by atoms with Gasteiger partial charge in [0.2, 0.25) is 0 Å². The van der Waals surface area contributed by atoms with Crippen LogP contribution in [0.5, 0.6) is 5.75 Å². The third-order valence-electron chi connectivity index (χ3n) is 5.24. The van der Waals surface area contributed by atoms with Crippen molar-refractivity contribution in [3.63, 3.8) is 0 Å². The third-order valence-corrected chi connectivity index (χ3v) is 5.50. The molecule has 1 saturated heterocycles. The molecule has 0 atom stereocenters. The number of ether oxygens (including phenoxy) is 1. The molecule has 1 fully saturated rings. The minimum Gasteiger partial charge on any atom is -0.484 e. The van der Waals surface area contributed by atoms with Crippen molar-refractivity contribution in [2.75, 3.05) is 37.7 Å². The predicted octanol–water partition coefficient (Wildman–Crippen LogP) is 3.27. The molecule has 4 rings (SSSR count). The summed E-state index contributed by atoms with van der Waals surface area (Å²) in [5.41, 5.74) is 3.13. The van der Waals surface area contributed by atoms with Crippen molar-refractivity contribution in [1.29, 1.82) is 0 Å². The smallest absolute Gasteiger partial charge is 0.260 e. The number of halogens is 1. The predicted molar refractivity (Wildman–Crippen MR) is 117 cm³/mol. The summed E-state index contributed by atoms with van der Waals surface area (Å²) >= 11 is 5.87. The zero-order valence-corrected chi connectivity index (χ0v) is 17.8. The van der Waals surface area contributed by atoms with E-state index in [1.54, 1.807) is 30.5 Å². The van der Waals surface area contributed by atoms with Gasteiger partial charge in [0.1, 0.15) is 5.75 Å². The van der Waals surface area contributed by atoms with E-state index in [-0.39, 0.29) is 12.5 Å². The Labute approximate surface area is 180 Å². The molecular formula is C22H24ClN5O2. The Morgan fingerprint density at radius 2 is 1.80 bits per heavy atom. The van der Waals surface area contributed by atoms with Crippen molar-refractivity contribution in [3.8, 4) is 11.6 Å². The van der Waals surface area contributed by atoms with Gasteiger partial charge in [-0.2, -0.15) is 5.10 Å². The van der Waals surface area contributed by atoms with Crippen LogP contribution in [0, 0.1) is 13.8 Å². The molecule has 0 aliphatic carbocycles. The van der Waals surface area contributed by atoms with E-state index in [9.17, 15) is 4.79 Å². The van der Waals surface area contributed by atoms with Crippen LogP contribution in [0.4, 0.5) is 5.69 Å². The molecule has 30 heavy (non-hydrogen) atoms. The molecule has 0 bridgehead atoms. The first-order chi connectivity index (χ1) is 14.5. The van der Waals surface area contributed by atoms with Crippen molar-refractivity contribution in [1.82, 2.24) is 19.7 Å². The van der Waals surface area contributed by atoms with Gasteiger partial charge in [-0.25, -0.2) is 9.67 Å². The van der Waals surface area contributed by atoms with Gasteiger partial charge in [0.05, 0.1) is 17.1 Å². The number of benzene rings is 1. The van der Waals surface area contributed by atoms with E-state index < -0.39 is 0 Å². The lowest BCUT2D eigenvalue weighted by Crippen LogP contribution is -2.50. The van der Waals surface area contributed by atoms with Gasteiger partial charge in [0.25, 0.3) is 5.91 Å². The lowest BCUT2D eigenvalue weighted by atomic mass is 10.2. The van der Waals surface area contributed by atoms with Crippen molar-refractivity contribution < 1.29 is 9.53 Å². The van der Waals surface area contributed by atoms with Gasteiger partial charge in [-0.15, -0.1) is 0 Å². The van der Waals surface area contributed by atoms with E-state index in [1.165, 1.54) is 0 Å². The van der Waals surface area contributed by atoms with Gasteiger partial charge in [-0.3, -0.25) is 4.79 Å². The first-order valence-corrected chi connectivity index (χ1v) is 10.3. The Balaban J connectivity index is 1.37. The monoisotopic (exact) mass is 425 g/mol. The average Bonchev–Trinajstić information content (AvgIpc) is 3.08. The van der Waals surface area contributed by atoms with Crippen molar-refractivity contribution in [3.05, 3.63) is 65.1 Å². The third kappa shape index (κ3) is 4.26. The second kappa shape index (κ2) is 8.75. The van der Waals surface area contributed by atoms with Crippen LogP contribution in [0.25, 0.3) is 5.82 Å². The van der Waals surface area contributed by atoms with Crippen molar-refractivity contribution in [2.45, 2.75) is 13.8 Å². The Hall–Kier alpha value is -3.06. The number of anilines is 1. The van der Waals surface area contributed by atoms with Crippen LogP contribution in [0.1, 0.15) is 11.4 Å². The number of hydrogen-bond acceptors (Lipinski definition) is 5. The Bertz CT molecular complexity index is 1010. The number of carbonyl (C=O) groups is 1. The largest absolute Gasteiger partial charge is 0.484 e. The molecule has 1 aliphatic heterocycles. The van der Waals surface area contributed by atoms with Crippen molar-refractivity contribution in [2.24, 2.45) is 0 Å². The van der Waals surface area contributed by atoms with E-state index in [4.69, 9.17) is 16.3 Å². The summed E-state index contributed by atoms with van der Waals surface area (Å²) in [7, 11) is 0. The molecule has 7 nitrogen and oxygen atoms in total. The number of piperazine rings is 1. The minimum atomic E-state index is -0.0118. The summed E-state index contributed by atoms with van der Waals surface area (Å²) in [6.45, 7) is 6.90. The first kappa shape index (κ1) is 20.2. The molecule has 0 unspecified atom stereocenters. The molecule has 1 aromatic carbocycles. The second-order valence-electron chi connectivity index (χ2n) is 7.23. The van der Waals surface area contributed by atoms with E-state index in [0.717, 1.165) is 36.0 Å². The number of aryl methyl sites for hydroxylation is 1. The van der Waals surface area contributed by atoms with Crippen molar-refractivity contribution >= 4 is 23.2 Å². The van der Waals surface area contributed by atoms with E-state index in [2.05, 4.69) is 21.9 Å². The van der Waals surface area contributed by atoms with Gasteiger partial charge in [0.15, 0.2) is 12.4 Å². The summed E-state index contributed by atoms with van der Waals surface area (Å²) in [4.78, 5) is 21.1. The highest BCUT2D eigenvalue weighted by Crippen LogP contribution is 2.27. The van der Waals surface area contributed by atoms with Crippen LogP contribution in [-0.4, -0.2) is 58.4 Å². The summed E-state index contributed by atoms with van der Waals surface area (Å²) in [5.74, 6) is 1.43. The fraction of sp³-hybridized carbons (Fsp3) is 0.318. The number of pyridine rings is 1. The number of nitrogens with zero attached hydrogens (tertiary/aromatic N) is 5. The second-order valence-corrected chi connectivity index (χ2v) is 7.67. The van der Waals surface area contributed by atoms with E-state index in [1.807, 2.05) is 34.7 Å². The molecule has 1 amide bonds. The Morgan fingerprint density at radius 3 is 2.47 bits per heavy atom. The highest BCUT2D eigenvalue weighted by atomic mass is 35.5. The summed E-state index contributed by atoms with van der Waals surface area (Å²) in [5, 5.41) is 5.32. The molecule has 0 spiro atoms. The lowest BCUT2D eigenvalue weighted by Gasteiger charge is -2.36. The lowest BCUT2D eigenvalue weighted by molar-refractivity contribution is -0.133. The molecule has 0 radical (unpaired) electrons. The molecule has 2 aromatic heterocycles. The topological polar surface area (TPSA) is 63.5 Å². The van der Waals surface area contributed by atoms with Crippen LogP contribution in [0.3, 0.4) is 0 Å². The molecular weight excluding hydrogens is 402 g/mol. The normalized spacial score (nSPS) is 14.1. The molecule has 3 aromatic rings. The number of hydrogen-bond donors (Lipinski definition) is 0. The maximum atomic E-state index is 12.5. The summed E-state index contributed by atoms with van der Waals surface area (Å²) in [6, 6.07) is 12.8. The number of carbonyl (C=O) groups excluding carboxylic acids is 1. The molecule has 1 aliphatic rings. The van der Waals surface area contributed by atoms with Gasteiger partial charge in [-0.1, -0.05) is 17.7 Å². The van der Waals surface area contributed by atoms with Crippen LogP contribution in [-0.2, 0) is 4.79 Å². The molecule has 0 saturated carbocycles. The van der Waals surface area contributed by atoms with Crippen LogP contribution in [0.15, 0.2) is 48.7 Å². The zero-order chi connectivity index (χ0) is 21.1. The fourth-order valence-corrected chi connectivity index (χ4v) is 3.87. The highest BCUT2D eigenvalue weighted by molar-refractivity contribution is 6.30. The standard InChI is InChI=1S/C22H24ClN5O2/c1-16-22(17(2)28(25-16)20-5-3-4-10-24-20)27-13-11-26(12-14-27)21(29)15-30-19-8-6-18(23)7-9-19/h3-10H,11-15H2,1-2H3. The number of rotatable bonds is 5. The Kier molecular flexibility index (Phi) is 5.90.